The third-order valence-electron chi connectivity index (χ3n) is 4.03. The van der Waals surface area contributed by atoms with E-state index in [1.165, 1.54) is 12.1 Å². The SMILES string of the molecule is CCC(CC(=O)NCCNC(=O)c1ccccc1)c1ccc(F)cc1. The largest absolute Gasteiger partial charge is 0.354 e. The number of nitrogens with one attached hydrogen (secondary N) is 2. The van der Waals surface area contributed by atoms with Gasteiger partial charge in [0, 0.05) is 25.1 Å². The quantitative estimate of drug-likeness (QED) is 0.724. The molecule has 2 amide bonds. The van der Waals surface area contributed by atoms with Gasteiger partial charge in [-0.05, 0) is 42.2 Å². The highest BCUT2D eigenvalue weighted by molar-refractivity contribution is 5.94. The molecule has 0 aromatic heterocycles. The lowest BCUT2D eigenvalue weighted by molar-refractivity contribution is -0.121. The zero-order chi connectivity index (χ0) is 18.1. The maximum absolute atomic E-state index is 13.0. The van der Waals surface area contributed by atoms with E-state index >= 15 is 0 Å². The molecule has 5 heteroatoms. The summed E-state index contributed by atoms with van der Waals surface area (Å²) in [5, 5.41) is 5.57. The maximum Gasteiger partial charge on any atom is 0.251 e. The first kappa shape index (κ1) is 18.6. The van der Waals surface area contributed by atoms with Crippen LogP contribution in [0.2, 0.25) is 0 Å². The van der Waals surface area contributed by atoms with Crippen LogP contribution in [-0.2, 0) is 4.79 Å². The fraction of sp³-hybridized carbons (Fsp3) is 0.300. The minimum atomic E-state index is -0.280. The van der Waals surface area contributed by atoms with Crippen molar-refractivity contribution < 1.29 is 14.0 Å². The summed E-state index contributed by atoms with van der Waals surface area (Å²) < 4.78 is 13.0. The van der Waals surface area contributed by atoms with Crippen molar-refractivity contribution in [2.24, 2.45) is 0 Å². The summed E-state index contributed by atoms with van der Waals surface area (Å²) in [6.45, 7) is 2.74. The molecule has 1 atom stereocenters. The van der Waals surface area contributed by atoms with Crippen LogP contribution in [0, 0.1) is 5.82 Å². The molecule has 0 fully saturated rings. The van der Waals surface area contributed by atoms with Crippen molar-refractivity contribution >= 4 is 11.8 Å². The molecule has 2 N–H and O–H groups in total. The molecular weight excluding hydrogens is 319 g/mol. The lowest BCUT2D eigenvalue weighted by Crippen LogP contribution is -2.35. The van der Waals surface area contributed by atoms with Gasteiger partial charge in [0.2, 0.25) is 5.91 Å². The molecule has 0 spiro atoms. The molecule has 2 rings (SSSR count). The normalized spacial score (nSPS) is 11.6. The van der Waals surface area contributed by atoms with Gasteiger partial charge in [0.25, 0.3) is 5.91 Å². The van der Waals surface area contributed by atoms with Crippen molar-refractivity contribution in [2.75, 3.05) is 13.1 Å². The molecule has 0 saturated carbocycles. The van der Waals surface area contributed by atoms with E-state index in [1.54, 1.807) is 36.4 Å². The van der Waals surface area contributed by atoms with Crippen molar-refractivity contribution in [1.29, 1.82) is 0 Å². The third-order valence-corrected chi connectivity index (χ3v) is 4.03. The number of halogens is 1. The van der Waals surface area contributed by atoms with Gasteiger partial charge in [-0.2, -0.15) is 0 Å². The molecule has 0 aliphatic rings. The highest BCUT2D eigenvalue weighted by Crippen LogP contribution is 2.23. The Labute approximate surface area is 147 Å². The van der Waals surface area contributed by atoms with E-state index < -0.39 is 0 Å². The van der Waals surface area contributed by atoms with E-state index in [1.807, 2.05) is 13.0 Å². The summed E-state index contributed by atoms with van der Waals surface area (Å²) in [6.07, 6.45) is 1.14. The fourth-order valence-corrected chi connectivity index (χ4v) is 2.60. The second kappa shape index (κ2) is 9.57. The van der Waals surface area contributed by atoms with Crippen LogP contribution in [0.4, 0.5) is 4.39 Å². The summed E-state index contributed by atoms with van der Waals surface area (Å²) in [4.78, 5) is 23.9. The number of hydrogen-bond acceptors (Lipinski definition) is 2. The standard InChI is InChI=1S/C20H23FN2O2/c1-2-15(16-8-10-18(21)11-9-16)14-19(24)22-12-13-23-20(25)17-6-4-3-5-7-17/h3-11,15H,2,12-14H2,1H3,(H,22,24)(H,23,25). The number of carbonyl (C=O) groups excluding carboxylic acids is 2. The van der Waals surface area contributed by atoms with Crippen LogP contribution in [0.5, 0.6) is 0 Å². The predicted molar refractivity (Wildman–Crippen MR) is 95.8 cm³/mol. The molecule has 0 saturated heterocycles. The Kier molecular flexibility index (Phi) is 7.14. The number of amides is 2. The Morgan fingerprint density at radius 1 is 0.960 bits per heavy atom. The highest BCUT2D eigenvalue weighted by atomic mass is 19.1. The monoisotopic (exact) mass is 342 g/mol. The van der Waals surface area contributed by atoms with Crippen LogP contribution in [0.3, 0.4) is 0 Å². The van der Waals surface area contributed by atoms with Crippen molar-refractivity contribution in [2.45, 2.75) is 25.7 Å². The molecule has 0 radical (unpaired) electrons. The Balaban J connectivity index is 1.72. The predicted octanol–water partition coefficient (Wildman–Crippen LogP) is 3.26. The summed E-state index contributed by atoms with van der Waals surface area (Å²) >= 11 is 0. The molecule has 2 aromatic rings. The number of benzene rings is 2. The lowest BCUT2D eigenvalue weighted by Gasteiger charge is -2.15. The second-order valence-electron chi connectivity index (χ2n) is 5.83. The van der Waals surface area contributed by atoms with Gasteiger partial charge in [0.1, 0.15) is 5.82 Å². The summed E-state index contributed by atoms with van der Waals surface area (Å²) in [5.74, 6) is -0.463. The first-order chi connectivity index (χ1) is 12.1. The second-order valence-corrected chi connectivity index (χ2v) is 5.83. The molecule has 0 aliphatic carbocycles. The van der Waals surface area contributed by atoms with Crippen LogP contribution in [0.15, 0.2) is 54.6 Å². The van der Waals surface area contributed by atoms with Gasteiger partial charge in [-0.3, -0.25) is 9.59 Å². The molecule has 0 heterocycles. The summed E-state index contributed by atoms with van der Waals surface area (Å²) in [7, 11) is 0. The molecule has 132 valence electrons. The Bertz CT molecular complexity index is 687. The van der Waals surface area contributed by atoms with Crippen molar-refractivity contribution in [1.82, 2.24) is 10.6 Å². The van der Waals surface area contributed by atoms with E-state index in [4.69, 9.17) is 0 Å². The van der Waals surface area contributed by atoms with Crippen molar-refractivity contribution in [3.8, 4) is 0 Å². The molecule has 2 aromatic carbocycles. The molecule has 25 heavy (non-hydrogen) atoms. The van der Waals surface area contributed by atoms with Gasteiger partial charge in [0.15, 0.2) is 0 Å². The average molecular weight is 342 g/mol. The number of carbonyl (C=O) groups is 2. The minimum Gasteiger partial charge on any atom is -0.354 e. The Morgan fingerprint density at radius 3 is 2.24 bits per heavy atom. The molecule has 4 nitrogen and oxygen atoms in total. The first-order valence-corrected chi connectivity index (χ1v) is 8.45. The van der Waals surface area contributed by atoms with Gasteiger partial charge in [-0.1, -0.05) is 37.3 Å². The van der Waals surface area contributed by atoms with Crippen LogP contribution in [0.1, 0.15) is 41.6 Å². The minimum absolute atomic E-state index is 0.0551. The van der Waals surface area contributed by atoms with Crippen molar-refractivity contribution in [3.63, 3.8) is 0 Å². The van der Waals surface area contributed by atoms with Gasteiger partial charge in [0.05, 0.1) is 0 Å². The first-order valence-electron chi connectivity index (χ1n) is 8.45. The summed E-state index contributed by atoms with van der Waals surface area (Å²) in [5.41, 5.74) is 1.55. The van der Waals surface area contributed by atoms with E-state index in [9.17, 15) is 14.0 Å². The van der Waals surface area contributed by atoms with E-state index in [-0.39, 0.29) is 23.5 Å². The Morgan fingerprint density at radius 2 is 1.60 bits per heavy atom. The van der Waals surface area contributed by atoms with E-state index in [0.29, 0.717) is 25.1 Å². The van der Waals surface area contributed by atoms with E-state index in [2.05, 4.69) is 10.6 Å². The van der Waals surface area contributed by atoms with Crippen LogP contribution in [0.25, 0.3) is 0 Å². The van der Waals surface area contributed by atoms with Crippen LogP contribution < -0.4 is 10.6 Å². The topological polar surface area (TPSA) is 58.2 Å². The molecule has 0 aliphatic heterocycles. The molecular formula is C20H23FN2O2. The van der Waals surface area contributed by atoms with Gasteiger partial charge < -0.3 is 10.6 Å². The molecule has 1 unspecified atom stereocenters. The van der Waals surface area contributed by atoms with Gasteiger partial charge in [-0.15, -0.1) is 0 Å². The maximum atomic E-state index is 13.0. The number of rotatable bonds is 8. The van der Waals surface area contributed by atoms with Crippen LogP contribution >= 0.6 is 0 Å². The summed E-state index contributed by atoms with van der Waals surface area (Å²) in [6, 6.07) is 15.2. The fourth-order valence-electron chi connectivity index (χ4n) is 2.60. The Hall–Kier alpha value is -2.69. The third kappa shape index (κ3) is 6.03. The zero-order valence-corrected chi connectivity index (χ0v) is 14.3. The average Bonchev–Trinajstić information content (AvgIpc) is 2.64. The van der Waals surface area contributed by atoms with E-state index in [0.717, 1.165) is 12.0 Å². The highest BCUT2D eigenvalue weighted by Gasteiger charge is 2.14. The number of hydrogen-bond donors (Lipinski definition) is 2. The van der Waals surface area contributed by atoms with Gasteiger partial charge >= 0.3 is 0 Å². The lowest BCUT2D eigenvalue weighted by atomic mass is 9.93. The smallest absolute Gasteiger partial charge is 0.251 e. The zero-order valence-electron chi connectivity index (χ0n) is 14.3. The van der Waals surface area contributed by atoms with Crippen molar-refractivity contribution in [3.05, 3.63) is 71.5 Å². The van der Waals surface area contributed by atoms with Crippen LogP contribution in [-0.4, -0.2) is 24.9 Å². The van der Waals surface area contributed by atoms with Gasteiger partial charge in [-0.25, -0.2) is 4.39 Å². The molecule has 0 bridgehead atoms.